The van der Waals surface area contributed by atoms with Gasteiger partial charge in [0.1, 0.15) is 5.75 Å². The van der Waals surface area contributed by atoms with E-state index in [2.05, 4.69) is 0 Å². The molecule has 0 aromatic heterocycles. The van der Waals surface area contributed by atoms with E-state index in [1.165, 1.54) is 0 Å². The maximum atomic E-state index is 12.2. The van der Waals surface area contributed by atoms with E-state index in [1.807, 2.05) is 12.1 Å². The first-order valence-electron chi connectivity index (χ1n) is 6.39. The van der Waals surface area contributed by atoms with Crippen molar-refractivity contribution >= 4 is 11.5 Å². The van der Waals surface area contributed by atoms with Crippen molar-refractivity contribution in [2.75, 3.05) is 5.73 Å². The van der Waals surface area contributed by atoms with Gasteiger partial charge in [0.15, 0.2) is 5.78 Å². The van der Waals surface area contributed by atoms with Gasteiger partial charge < -0.3 is 10.5 Å². The number of nitrogen functional groups attached to an aromatic ring is 1. The molecule has 0 saturated heterocycles. The smallest absolute Gasteiger partial charge is 0.193 e. The molecule has 0 spiro atoms. The van der Waals surface area contributed by atoms with Crippen molar-refractivity contribution in [2.45, 2.75) is 18.9 Å². The summed E-state index contributed by atoms with van der Waals surface area (Å²) < 4.78 is 5.65. The molecule has 96 valence electrons. The van der Waals surface area contributed by atoms with E-state index in [9.17, 15) is 4.79 Å². The van der Waals surface area contributed by atoms with E-state index < -0.39 is 0 Å². The summed E-state index contributed by atoms with van der Waals surface area (Å²) in [6, 6.07) is 14.3. The summed E-state index contributed by atoms with van der Waals surface area (Å²) >= 11 is 0. The third kappa shape index (κ3) is 2.76. The van der Waals surface area contributed by atoms with Crippen LogP contribution in [0.4, 0.5) is 5.69 Å². The van der Waals surface area contributed by atoms with E-state index in [0.29, 0.717) is 22.9 Å². The number of benzene rings is 2. The topological polar surface area (TPSA) is 52.3 Å². The summed E-state index contributed by atoms with van der Waals surface area (Å²) in [6.07, 6.45) is 2.63. The Morgan fingerprint density at radius 2 is 1.79 bits per heavy atom. The minimum absolute atomic E-state index is 0.0229. The fourth-order valence-electron chi connectivity index (χ4n) is 1.91. The van der Waals surface area contributed by atoms with Gasteiger partial charge in [0.05, 0.1) is 6.10 Å². The molecule has 1 fully saturated rings. The van der Waals surface area contributed by atoms with Crippen molar-refractivity contribution in [3.8, 4) is 5.75 Å². The Balaban J connectivity index is 1.79. The summed E-state index contributed by atoms with van der Waals surface area (Å²) in [4.78, 5) is 12.2. The summed E-state index contributed by atoms with van der Waals surface area (Å²) in [5.74, 6) is 0.803. The first-order valence-corrected chi connectivity index (χ1v) is 6.39. The largest absolute Gasteiger partial charge is 0.490 e. The van der Waals surface area contributed by atoms with Gasteiger partial charge in [-0.3, -0.25) is 4.79 Å². The minimum Gasteiger partial charge on any atom is -0.490 e. The van der Waals surface area contributed by atoms with Gasteiger partial charge >= 0.3 is 0 Å². The van der Waals surface area contributed by atoms with Gasteiger partial charge in [0.2, 0.25) is 0 Å². The number of rotatable bonds is 4. The van der Waals surface area contributed by atoms with E-state index in [0.717, 1.165) is 18.6 Å². The Labute approximate surface area is 112 Å². The lowest BCUT2D eigenvalue weighted by Crippen LogP contribution is -2.02. The molecule has 3 rings (SSSR count). The second-order valence-electron chi connectivity index (χ2n) is 4.80. The Hall–Kier alpha value is -2.29. The Morgan fingerprint density at radius 1 is 1.05 bits per heavy atom. The summed E-state index contributed by atoms with van der Waals surface area (Å²) in [6.45, 7) is 0. The SMILES string of the molecule is Nc1cccc(C(=O)c2ccc(OC3CC3)cc2)c1. The fraction of sp³-hybridized carbons (Fsp3) is 0.188. The number of ether oxygens (including phenoxy) is 1. The van der Waals surface area contributed by atoms with Crippen LogP contribution in [-0.2, 0) is 0 Å². The number of anilines is 1. The zero-order chi connectivity index (χ0) is 13.2. The maximum absolute atomic E-state index is 12.2. The van der Waals surface area contributed by atoms with Gasteiger partial charge in [-0.1, -0.05) is 12.1 Å². The maximum Gasteiger partial charge on any atom is 0.193 e. The number of ketones is 1. The standard InChI is InChI=1S/C16H15NO2/c17-13-3-1-2-12(10-13)16(18)11-4-6-14(7-5-11)19-15-8-9-15/h1-7,10,15H,8-9,17H2. The molecule has 2 N–H and O–H groups in total. The Morgan fingerprint density at radius 3 is 2.42 bits per heavy atom. The molecule has 1 aliphatic rings. The van der Waals surface area contributed by atoms with Crippen LogP contribution < -0.4 is 10.5 Å². The molecule has 0 aliphatic heterocycles. The molecule has 1 saturated carbocycles. The predicted molar refractivity (Wildman–Crippen MR) is 74.4 cm³/mol. The molecular formula is C16H15NO2. The molecular weight excluding hydrogens is 238 g/mol. The van der Waals surface area contributed by atoms with Gasteiger partial charge in [-0.05, 0) is 49.2 Å². The van der Waals surface area contributed by atoms with E-state index in [-0.39, 0.29) is 5.78 Å². The number of hydrogen-bond donors (Lipinski definition) is 1. The molecule has 3 nitrogen and oxygen atoms in total. The molecule has 0 atom stereocenters. The number of nitrogens with two attached hydrogens (primary N) is 1. The first kappa shape index (κ1) is 11.8. The highest BCUT2D eigenvalue weighted by molar-refractivity contribution is 6.09. The second kappa shape index (κ2) is 4.76. The highest BCUT2D eigenvalue weighted by Crippen LogP contribution is 2.27. The van der Waals surface area contributed by atoms with E-state index in [1.54, 1.807) is 36.4 Å². The second-order valence-corrected chi connectivity index (χ2v) is 4.80. The molecule has 19 heavy (non-hydrogen) atoms. The quantitative estimate of drug-likeness (QED) is 0.673. The molecule has 0 radical (unpaired) electrons. The van der Waals surface area contributed by atoms with Crippen LogP contribution in [0, 0.1) is 0 Å². The molecule has 0 heterocycles. The number of carbonyl (C=O) groups excluding carboxylic acids is 1. The third-order valence-electron chi connectivity index (χ3n) is 3.09. The van der Waals surface area contributed by atoms with E-state index >= 15 is 0 Å². The van der Waals surface area contributed by atoms with Gasteiger partial charge in [0, 0.05) is 16.8 Å². The number of hydrogen-bond acceptors (Lipinski definition) is 3. The zero-order valence-electron chi connectivity index (χ0n) is 10.5. The lowest BCUT2D eigenvalue weighted by atomic mass is 10.0. The lowest BCUT2D eigenvalue weighted by Gasteiger charge is -2.06. The fourth-order valence-corrected chi connectivity index (χ4v) is 1.91. The average molecular weight is 253 g/mol. The van der Waals surface area contributed by atoms with Crippen molar-refractivity contribution in [1.29, 1.82) is 0 Å². The highest BCUT2D eigenvalue weighted by Gasteiger charge is 2.23. The van der Waals surface area contributed by atoms with E-state index in [4.69, 9.17) is 10.5 Å². The predicted octanol–water partition coefficient (Wildman–Crippen LogP) is 3.04. The van der Waals surface area contributed by atoms with Crippen LogP contribution in [0.5, 0.6) is 5.75 Å². The monoisotopic (exact) mass is 253 g/mol. The van der Waals surface area contributed by atoms with Crippen LogP contribution >= 0.6 is 0 Å². The van der Waals surface area contributed by atoms with Crippen LogP contribution in [0.15, 0.2) is 48.5 Å². The van der Waals surface area contributed by atoms with Crippen molar-refractivity contribution in [1.82, 2.24) is 0 Å². The molecule has 0 amide bonds. The summed E-state index contributed by atoms with van der Waals surface area (Å²) in [5.41, 5.74) is 7.54. The van der Waals surface area contributed by atoms with Crippen LogP contribution in [0.2, 0.25) is 0 Å². The van der Waals surface area contributed by atoms with Gasteiger partial charge in [0.25, 0.3) is 0 Å². The van der Waals surface area contributed by atoms with Crippen LogP contribution in [-0.4, -0.2) is 11.9 Å². The molecule has 2 aromatic carbocycles. The summed E-state index contributed by atoms with van der Waals surface area (Å²) in [5, 5.41) is 0. The third-order valence-corrected chi connectivity index (χ3v) is 3.09. The molecule has 0 unspecified atom stereocenters. The number of carbonyl (C=O) groups is 1. The molecule has 3 heteroatoms. The van der Waals surface area contributed by atoms with Crippen LogP contribution in [0.3, 0.4) is 0 Å². The highest BCUT2D eigenvalue weighted by atomic mass is 16.5. The van der Waals surface area contributed by atoms with Crippen molar-refractivity contribution in [3.05, 3.63) is 59.7 Å². The molecule has 0 bridgehead atoms. The zero-order valence-corrected chi connectivity index (χ0v) is 10.5. The minimum atomic E-state index is -0.0229. The van der Waals surface area contributed by atoms with Crippen molar-refractivity contribution in [3.63, 3.8) is 0 Å². The lowest BCUT2D eigenvalue weighted by molar-refractivity contribution is 0.103. The molecule has 2 aromatic rings. The average Bonchev–Trinajstić information content (AvgIpc) is 3.23. The molecule has 1 aliphatic carbocycles. The Bertz CT molecular complexity index is 600. The van der Waals surface area contributed by atoms with Crippen molar-refractivity contribution < 1.29 is 9.53 Å². The van der Waals surface area contributed by atoms with Gasteiger partial charge in [-0.15, -0.1) is 0 Å². The Kier molecular flexibility index (Phi) is 2.95. The van der Waals surface area contributed by atoms with Gasteiger partial charge in [-0.2, -0.15) is 0 Å². The normalized spacial score (nSPS) is 14.1. The van der Waals surface area contributed by atoms with Crippen molar-refractivity contribution in [2.24, 2.45) is 0 Å². The van der Waals surface area contributed by atoms with Gasteiger partial charge in [-0.25, -0.2) is 0 Å². The van der Waals surface area contributed by atoms with Crippen LogP contribution in [0.1, 0.15) is 28.8 Å². The summed E-state index contributed by atoms with van der Waals surface area (Å²) in [7, 11) is 0. The first-order chi connectivity index (χ1) is 9.22. The van der Waals surface area contributed by atoms with Crippen LogP contribution in [0.25, 0.3) is 0 Å².